The summed E-state index contributed by atoms with van der Waals surface area (Å²) in [6, 6.07) is 4.55. The maximum absolute atomic E-state index is 13.4. The van der Waals surface area contributed by atoms with Gasteiger partial charge >= 0.3 is 6.09 Å². The van der Waals surface area contributed by atoms with Crippen LogP contribution in [0.2, 0.25) is 0 Å². The molecular formula is C27H35FN4O5S. The molecule has 2 amide bonds. The first-order valence-electron chi connectivity index (χ1n) is 12.9. The number of aliphatic hydroxyl groups excluding tert-OH is 1. The monoisotopic (exact) mass is 546 g/mol. The average Bonchev–Trinajstić information content (AvgIpc) is 3.53. The average molecular weight is 547 g/mol. The number of hydrogen-bond acceptors (Lipinski definition) is 8. The molecule has 0 radical (unpaired) electrons. The summed E-state index contributed by atoms with van der Waals surface area (Å²) in [5.74, 6) is -0.777. The SMILES string of the molecule is C[C@@H]1CN(CC(=O)N2CCCC2c2nc(C(=O)c3ccc(F)cc3)cs2)[C@@H](CO)CN1C(=O)OC(C)(C)C. The summed E-state index contributed by atoms with van der Waals surface area (Å²) in [7, 11) is 0. The van der Waals surface area contributed by atoms with Crippen LogP contribution < -0.4 is 0 Å². The highest BCUT2D eigenvalue weighted by Crippen LogP contribution is 2.34. The van der Waals surface area contributed by atoms with Crippen molar-refractivity contribution in [3.05, 3.63) is 51.7 Å². The number of thiazole rings is 1. The van der Waals surface area contributed by atoms with Crippen LogP contribution >= 0.6 is 11.3 Å². The molecule has 1 aromatic heterocycles. The van der Waals surface area contributed by atoms with Crippen molar-refractivity contribution in [2.45, 2.75) is 64.3 Å². The van der Waals surface area contributed by atoms with Crippen molar-refractivity contribution in [1.82, 2.24) is 19.7 Å². The van der Waals surface area contributed by atoms with Gasteiger partial charge in [0.15, 0.2) is 0 Å². The predicted molar refractivity (Wildman–Crippen MR) is 140 cm³/mol. The largest absolute Gasteiger partial charge is 0.444 e. The van der Waals surface area contributed by atoms with Gasteiger partial charge in [0.05, 0.1) is 25.2 Å². The van der Waals surface area contributed by atoms with Crippen LogP contribution in [0.4, 0.5) is 9.18 Å². The fourth-order valence-corrected chi connectivity index (χ4v) is 5.88. The van der Waals surface area contributed by atoms with E-state index in [1.165, 1.54) is 35.6 Å². The van der Waals surface area contributed by atoms with Crippen molar-refractivity contribution in [1.29, 1.82) is 0 Å². The van der Waals surface area contributed by atoms with Gasteiger partial charge in [0.25, 0.3) is 0 Å². The Bertz CT molecular complexity index is 1160. The van der Waals surface area contributed by atoms with Crippen LogP contribution in [0.1, 0.15) is 67.6 Å². The first-order chi connectivity index (χ1) is 18.0. The van der Waals surface area contributed by atoms with Gasteiger partial charge in [-0.2, -0.15) is 0 Å². The molecule has 1 N–H and O–H groups in total. The van der Waals surface area contributed by atoms with Gasteiger partial charge in [-0.05, 0) is 64.8 Å². The molecule has 3 heterocycles. The van der Waals surface area contributed by atoms with E-state index in [1.807, 2.05) is 32.6 Å². The van der Waals surface area contributed by atoms with E-state index in [0.717, 1.165) is 12.8 Å². The quantitative estimate of drug-likeness (QED) is 0.554. The zero-order valence-corrected chi connectivity index (χ0v) is 23.0. The van der Waals surface area contributed by atoms with Gasteiger partial charge in [0, 0.05) is 36.6 Å². The molecule has 11 heteroatoms. The first kappa shape index (κ1) is 28.1. The number of likely N-dealkylation sites (tertiary alicyclic amines) is 1. The highest BCUT2D eigenvalue weighted by atomic mass is 32.1. The Hall–Kier alpha value is -2.89. The number of aliphatic hydroxyl groups is 1. The number of carbonyl (C=O) groups excluding carboxylic acids is 3. The molecule has 2 aliphatic heterocycles. The van der Waals surface area contributed by atoms with Gasteiger partial charge in [0.1, 0.15) is 22.1 Å². The number of rotatable bonds is 6. The summed E-state index contributed by atoms with van der Waals surface area (Å²) < 4.78 is 18.7. The van der Waals surface area contributed by atoms with Crippen LogP contribution in [0.5, 0.6) is 0 Å². The number of aromatic nitrogens is 1. The van der Waals surface area contributed by atoms with Crippen molar-refractivity contribution in [3.63, 3.8) is 0 Å². The number of ether oxygens (including phenoxy) is 1. The molecule has 2 aliphatic rings. The van der Waals surface area contributed by atoms with Crippen molar-refractivity contribution < 1.29 is 28.6 Å². The van der Waals surface area contributed by atoms with E-state index in [1.54, 1.807) is 15.2 Å². The summed E-state index contributed by atoms with van der Waals surface area (Å²) in [6.07, 6.45) is 1.14. The molecule has 38 heavy (non-hydrogen) atoms. The number of hydrogen-bond donors (Lipinski definition) is 1. The van der Waals surface area contributed by atoms with Crippen molar-refractivity contribution >= 4 is 29.1 Å². The summed E-state index contributed by atoms with van der Waals surface area (Å²) >= 11 is 1.34. The number of piperazine rings is 1. The molecular weight excluding hydrogens is 511 g/mol. The first-order valence-corrected chi connectivity index (χ1v) is 13.7. The Labute approximate surface area is 226 Å². The van der Waals surface area contributed by atoms with Gasteiger partial charge < -0.3 is 19.6 Å². The number of nitrogens with zero attached hydrogens (tertiary/aromatic N) is 4. The number of halogens is 1. The fraction of sp³-hybridized carbons (Fsp3) is 0.556. The lowest BCUT2D eigenvalue weighted by atomic mass is 10.1. The van der Waals surface area contributed by atoms with Crippen molar-refractivity contribution in [3.8, 4) is 0 Å². The minimum absolute atomic E-state index is 0.0783. The molecule has 0 bridgehead atoms. The smallest absolute Gasteiger partial charge is 0.410 e. The Balaban J connectivity index is 1.41. The maximum atomic E-state index is 13.4. The Morgan fingerprint density at radius 3 is 2.53 bits per heavy atom. The summed E-state index contributed by atoms with van der Waals surface area (Å²) in [6.45, 7) is 8.54. The third-order valence-electron chi connectivity index (χ3n) is 6.85. The van der Waals surface area contributed by atoms with Gasteiger partial charge in [-0.3, -0.25) is 14.5 Å². The lowest BCUT2D eigenvalue weighted by Gasteiger charge is -2.44. The van der Waals surface area contributed by atoms with E-state index < -0.39 is 17.5 Å². The second-order valence-electron chi connectivity index (χ2n) is 10.9. The molecule has 1 aromatic carbocycles. The second-order valence-corrected chi connectivity index (χ2v) is 11.8. The van der Waals surface area contributed by atoms with E-state index in [2.05, 4.69) is 4.98 Å². The fourth-order valence-electron chi connectivity index (χ4n) is 4.93. The molecule has 1 unspecified atom stereocenters. The van der Waals surface area contributed by atoms with Crippen molar-refractivity contribution in [2.24, 2.45) is 0 Å². The zero-order valence-electron chi connectivity index (χ0n) is 22.2. The predicted octanol–water partition coefficient (Wildman–Crippen LogP) is 3.48. The molecule has 2 aromatic rings. The van der Waals surface area contributed by atoms with E-state index >= 15 is 0 Å². The number of ketones is 1. The van der Waals surface area contributed by atoms with E-state index in [9.17, 15) is 23.9 Å². The minimum atomic E-state index is -0.622. The van der Waals surface area contributed by atoms with E-state index in [4.69, 9.17) is 4.74 Å². The van der Waals surface area contributed by atoms with E-state index in [-0.39, 0.29) is 55.2 Å². The molecule has 0 spiro atoms. The van der Waals surface area contributed by atoms with Gasteiger partial charge in [-0.1, -0.05) is 0 Å². The molecule has 2 saturated heterocycles. The third kappa shape index (κ3) is 6.39. The molecule has 2 fully saturated rings. The maximum Gasteiger partial charge on any atom is 0.410 e. The van der Waals surface area contributed by atoms with Crippen LogP contribution in [0, 0.1) is 5.82 Å². The van der Waals surface area contributed by atoms with Crippen LogP contribution in [0.15, 0.2) is 29.6 Å². The highest BCUT2D eigenvalue weighted by Gasteiger charge is 2.39. The van der Waals surface area contributed by atoms with Gasteiger partial charge in [-0.15, -0.1) is 11.3 Å². The standard InChI is InChI=1S/C27H35FN4O5S/c1-17-12-30(20(15-33)13-32(17)26(36)37-27(2,3)4)14-23(34)31-11-5-6-22(31)25-29-21(16-38-25)24(35)18-7-9-19(28)10-8-18/h7-10,16-17,20,22,33H,5-6,11-15H2,1-4H3/t17-,20-,22?/m1/s1. The Morgan fingerprint density at radius 1 is 1.16 bits per heavy atom. The zero-order chi connectivity index (χ0) is 27.6. The molecule has 9 nitrogen and oxygen atoms in total. The van der Waals surface area contributed by atoms with Crippen LogP contribution in [-0.4, -0.2) is 93.0 Å². The second kappa shape index (κ2) is 11.5. The lowest BCUT2D eigenvalue weighted by Crippen LogP contribution is -2.62. The lowest BCUT2D eigenvalue weighted by molar-refractivity contribution is -0.135. The van der Waals surface area contributed by atoms with Gasteiger partial charge in [-0.25, -0.2) is 14.2 Å². The van der Waals surface area contributed by atoms with Crippen molar-refractivity contribution in [2.75, 3.05) is 32.8 Å². The summed E-state index contributed by atoms with van der Waals surface area (Å²) in [5.41, 5.74) is 0.0172. The third-order valence-corrected chi connectivity index (χ3v) is 7.80. The van der Waals surface area contributed by atoms with Crippen LogP contribution in [0.25, 0.3) is 0 Å². The minimum Gasteiger partial charge on any atom is -0.444 e. The number of benzene rings is 1. The molecule has 206 valence electrons. The van der Waals surface area contributed by atoms with Crippen LogP contribution in [-0.2, 0) is 9.53 Å². The van der Waals surface area contributed by atoms with Gasteiger partial charge in [0.2, 0.25) is 11.7 Å². The molecule has 0 saturated carbocycles. The molecule has 0 aliphatic carbocycles. The van der Waals surface area contributed by atoms with Crippen LogP contribution in [0.3, 0.4) is 0 Å². The Kier molecular flexibility index (Phi) is 8.49. The normalized spacial score (nSPS) is 22.5. The highest BCUT2D eigenvalue weighted by molar-refractivity contribution is 7.10. The summed E-state index contributed by atoms with van der Waals surface area (Å²) in [5, 5.41) is 12.4. The Morgan fingerprint density at radius 2 is 1.87 bits per heavy atom. The number of amides is 2. The number of carbonyl (C=O) groups is 3. The molecule has 4 rings (SSSR count). The topological polar surface area (TPSA) is 103 Å². The van der Waals surface area contributed by atoms with E-state index in [0.29, 0.717) is 23.7 Å². The summed E-state index contributed by atoms with van der Waals surface area (Å²) in [4.78, 5) is 48.8. The molecule has 3 atom stereocenters.